The molecule has 3 aromatic rings. The molecule has 0 atom stereocenters. The number of ether oxygens (including phenoxy) is 2. The summed E-state index contributed by atoms with van der Waals surface area (Å²) >= 11 is 1.52. The van der Waals surface area contributed by atoms with Crippen LogP contribution in [0, 0.1) is 0 Å². The van der Waals surface area contributed by atoms with Crippen molar-refractivity contribution in [2.45, 2.75) is 6.54 Å². The number of benzene rings is 2. The fourth-order valence-electron chi connectivity index (χ4n) is 3.65. The first-order valence-corrected chi connectivity index (χ1v) is 10.6. The van der Waals surface area contributed by atoms with Crippen LogP contribution < -0.4 is 9.47 Å². The lowest BCUT2D eigenvalue weighted by Crippen LogP contribution is -2.48. The van der Waals surface area contributed by atoms with E-state index in [4.69, 9.17) is 9.47 Å². The fraction of sp³-hybridized carbons (Fsp3) is 0.273. The lowest BCUT2D eigenvalue weighted by molar-refractivity contribution is 0.0623. The molecule has 0 unspecified atom stereocenters. The normalized spacial score (nSPS) is 16.2. The summed E-state index contributed by atoms with van der Waals surface area (Å²) in [6.07, 6.45) is 0. The van der Waals surface area contributed by atoms with Crippen LogP contribution in [0.25, 0.3) is 10.6 Å². The third-order valence-electron chi connectivity index (χ3n) is 5.25. The predicted molar refractivity (Wildman–Crippen MR) is 111 cm³/mol. The number of carbonyl (C=O) groups excluding carboxylic acids is 1. The van der Waals surface area contributed by atoms with E-state index in [-0.39, 0.29) is 5.91 Å². The Morgan fingerprint density at radius 2 is 1.79 bits per heavy atom. The molecule has 0 aliphatic carbocycles. The van der Waals surface area contributed by atoms with Crippen molar-refractivity contribution in [1.29, 1.82) is 0 Å². The van der Waals surface area contributed by atoms with E-state index in [0.29, 0.717) is 25.6 Å². The van der Waals surface area contributed by atoms with E-state index < -0.39 is 0 Å². The first kappa shape index (κ1) is 18.1. The molecular formula is C22H21N3O3S. The summed E-state index contributed by atoms with van der Waals surface area (Å²) in [6.45, 7) is 4.24. The van der Waals surface area contributed by atoms with Crippen LogP contribution in [0.1, 0.15) is 16.1 Å². The second-order valence-corrected chi connectivity index (χ2v) is 8.02. The molecule has 6 nitrogen and oxygen atoms in total. The van der Waals surface area contributed by atoms with E-state index in [2.05, 4.69) is 16.0 Å². The lowest BCUT2D eigenvalue weighted by Gasteiger charge is -2.34. The Morgan fingerprint density at radius 3 is 2.62 bits per heavy atom. The third-order valence-corrected chi connectivity index (χ3v) is 6.14. The molecule has 0 spiro atoms. The van der Waals surface area contributed by atoms with Crippen molar-refractivity contribution in [3.8, 4) is 22.1 Å². The van der Waals surface area contributed by atoms with Gasteiger partial charge in [0.2, 0.25) is 6.79 Å². The predicted octanol–water partition coefficient (Wildman–Crippen LogP) is 3.50. The maximum atomic E-state index is 12.9. The zero-order valence-electron chi connectivity index (χ0n) is 15.9. The first-order valence-electron chi connectivity index (χ1n) is 9.67. The molecule has 2 aliphatic rings. The minimum Gasteiger partial charge on any atom is -0.454 e. The molecule has 3 heterocycles. The van der Waals surface area contributed by atoms with Gasteiger partial charge in [-0.1, -0.05) is 36.4 Å². The summed E-state index contributed by atoms with van der Waals surface area (Å²) < 4.78 is 10.8. The van der Waals surface area contributed by atoms with Gasteiger partial charge in [0.15, 0.2) is 11.5 Å². The van der Waals surface area contributed by atoms with Gasteiger partial charge in [-0.25, -0.2) is 4.98 Å². The summed E-state index contributed by atoms with van der Waals surface area (Å²) in [4.78, 5) is 21.7. The average molecular weight is 407 g/mol. The van der Waals surface area contributed by atoms with Gasteiger partial charge in [-0.3, -0.25) is 9.69 Å². The number of thiazole rings is 1. The molecule has 148 valence electrons. The number of nitrogens with zero attached hydrogens (tertiary/aromatic N) is 3. The molecule has 0 saturated carbocycles. The van der Waals surface area contributed by atoms with Gasteiger partial charge in [0, 0.05) is 43.7 Å². The van der Waals surface area contributed by atoms with E-state index in [1.165, 1.54) is 16.9 Å². The fourth-order valence-corrected chi connectivity index (χ4v) is 4.45. The van der Waals surface area contributed by atoms with Crippen molar-refractivity contribution in [1.82, 2.24) is 14.8 Å². The Morgan fingerprint density at radius 1 is 1.00 bits per heavy atom. The summed E-state index contributed by atoms with van der Waals surface area (Å²) in [5.74, 6) is 1.64. The van der Waals surface area contributed by atoms with Gasteiger partial charge in [-0.2, -0.15) is 0 Å². The monoisotopic (exact) mass is 407 g/mol. The Balaban J connectivity index is 1.18. The molecular weight excluding hydrogens is 386 g/mol. The Labute approximate surface area is 173 Å². The molecule has 0 N–H and O–H groups in total. The lowest BCUT2D eigenvalue weighted by atomic mass is 10.1. The second kappa shape index (κ2) is 7.85. The molecule has 0 radical (unpaired) electrons. The minimum atomic E-state index is 0.0196. The van der Waals surface area contributed by atoms with E-state index in [9.17, 15) is 4.79 Å². The van der Waals surface area contributed by atoms with Gasteiger partial charge in [0.1, 0.15) is 10.7 Å². The van der Waals surface area contributed by atoms with Crippen molar-refractivity contribution in [2.75, 3.05) is 33.0 Å². The van der Waals surface area contributed by atoms with Crippen LogP contribution in [-0.4, -0.2) is 53.7 Å². The highest BCUT2D eigenvalue weighted by molar-refractivity contribution is 7.13. The molecule has 7 heteroatoms. The maximum absolute atomic E-state index is 12.9. The van der Waals surface area contributed by atoms with Crippen molar-refractivity contribution >= 4 is 17.2 Å². The van der Waals surface area contributed by atoms with Crippen molar-refractivity contribution in [3.05, 3.63) is 65.2 Å². The summed E-state index contributed by atoms with van der Waals surface area (Å²) in [5.41, 5.74) is 2.78. The Hall–Kier alpha value is -2.90. The molecule has 29 heavy (non-hydrogen) atoms. The van der Waals surface area contributed by atoms with Crippen LogP contribution in [0.2, 0.25) is 0 Å². The van der Waals surface area contributed by atoms with Gasteiger partial charge >= 0.3 is 0 Å². The van der Waals surface area contributed by atoms with Crippen LogP contribution in [0.5, 0.6) is 11.5 Å². The molecule has 0 bridgehead atoms. The number of hydrogen-bond acceptors (Lipinski definition) is 6. The van der Waals surface area contributed by atoms with Crippen LogP contribution >= 0.6 is 11.3 Å². The number of carbonyl (C=O) groups is 1. The van der Waals surface area contributed by atoms with Gasteiger partial charge < -0.3 is 14.4 Å². The minimum absolute atomic E-state index is 0.0196. The molecule has 1 amide bonds. The number of hydrogen-bond donors (Lipinski definition) is 0. The number of amides is 1. The third kappa shape index (κ3) is 3.83. The largest absolute Gasteiger partial charge is 0.454 e. The number of fused-ring (bicyclic) bond motifs is 1. The van der Waals surface area contributed by atoms with Crippen molar-refractivity contribution < 1.29 is 14.3 Å². The highest BCUT2D eigenvalue weighted by atomic mass is 32.1. The zero-order chi connectivity index (χ0) is 19.6. The van der Waals surface area contributed by atoms with Gasteiger partial charge in [-0.15, -0.1) is 11.3 Å². The van der Waals surface area contributed by atoms with E-state index in [1.807, 2.05) is 52.7 Å². The summed E-state index contributed by atoms with van der Waals surface area (Å²) in [5, 5.41) is 2.75. The average Bonchev–Trinajstić information content (AvgIpc) is 3.44. The smallest absolute Gasteiger partial charge is 0.273 e. The maximum Gasteiger partial charge on any atom is 0.273 e. The Kier molecular flexibility index (Phi) is 4.91. The van der Waals surface area contributed by atoms with Crippen LogP contribution in [-0.2, 0) is 6.54 Å². The quantitative estimate of drug-likeness (QED) is 0.663. The Bertz CT molecular complexity index is 1010. The summed E-state index contributed by atoms with van der Waals surface area (Å²) in [7, 11) is 0. The van der Waals surface area contributed by atoms with Crippen LogP contribution in [0.3, 0.4) is 0 Å². The molecule has 1 fully saturated rings. The van der Waals surface area contributed by atoms with Crippen molar-refractivity contribution in [3.63, 3.8) is 0 Å². The molecule has 1 aromatic heterocycles. The molecule has 2 aliphatic heterocycles. The standard InChI is InChI=1S/C22H21N3O3S/c26-22(18-14-29-21(23-18)17-4-2-1-3-5-17)25-10-8-24(9-11-25)13-16-6-7-19-20(12-16)28-15-27-19/h1-7,12,14H,8-11,13,15H2. The molecule has 1 saturated heterocycles. The number of rotatable bonds is 4. The van der Waals surface area contributed by atoms with E-state index in [0.717, 1.165) is 41.7 Å². The highest BCUT2D eigenvalue weighted by Gasteiger charge is 2.24. The van der Waals surface area contributed by atoms with Crippen LogP contribution in [0.4, 0.5) is 0 Å². The zero-order valence-corrected chi connectivity index (χ0v) is 16.7. The molecule has 5 rings (SSSR count). The topological polar surface area (TPSA) is 54.9 Å². The second-order valence-electron chi connectivity index (χ2n) is 7.16. The van der Waals surface area contributed by atoms with Crippen LogP contribution in [0.15, 0.2) is 53.9 Å². The number of aromatic nitrogens is 1. The van der Waals surface area contributed by atoms with E-state index in [1.54, 1.807) is 0 Å². The van der Waals surface area contributed by atoms with Gasteiger partial charge in [-0.05, 0) is 17.7 Å². The van der Waals surface area contributed by atoms with Gasteiger partial charge in [0.25, 0.3) is 5.91 Å². The first-order chi connectivity index (χ1) is 14.3. The SMILES string of the molecule is O=C(c1csc(-c2ccccc2)n1)N1CCN(Cc2ccc3c(c2)OCO3)CC1. The van der Waals surface area contributed by atoms with Crippen molar-refractivity contribution in [2.24, 2.45) is 0 Å². The van der Waals surface area contributed by atoms with Gasteiger partial charge in [0.05, 0.1) is 0 Å². The summed E-state index contributed by atoms with van der Waals surface area (Å²) in [6, 6.07) is 16.1. The highest BCUT2D eigenvalue weighted by Crippen LogP contribution is 2.33. The van der Waals surface area contributed by atoms with E-state index >= 15 is 0 Å². The number of piperazine rings is 1. The molecule has 2 aromatic carbocycles.